The van der Waals surface area contributed by atoms with Gasteiger partial charge in [-0.1, -0.05) is 0 Å². The van der Waals surface area contributed by atoms with Crippen LogP contribution in [0.4, 0.5) is 0 Å². The smallest absolute Gasteiger partial charge is 0.280 e. The zero-order valence-electron chi connectivity index (χ0n) is 14.1. The van der Waals surface area contributed by atoms with E-state index < -0.39 is 6.10 Å². The van der Waals surface area contributed by atoms with Gasteiger partial charge in [0.05, 0.1) is 12.1 Å². The largest absolute Gasteiger partial charge is 0.391 e. The van der Waals surface area contributed by atoms with E-state index in [0.717, 1.165) is 18.1 Å². The van der Waals surface area contributed by atoms with Crippen LogP contribution in [-0.4, -0.2) is 42.9 Å². The van der Waals surface area contributed by atoms with Gasteiger partial charge >= 0.3 is 0 Å². The SMILES string of the molecule is Cc1nc([C@H]2CC[C@@H](O)[C@H](NC(=O)c3nccs3)C2)n(C(C)C)n1. The van der Waals surface area contributed by atoms with Crippen molar-refractivity contribution in [3.05, 3.63) is 28.2 Å². The van der Waals surface area contributed by atoms with E-state index >= 15 is 0 Å². The summed E-state index contributed by atoms with van der Waals surface area (Å²) in [6.45, 7) is 6.05. The van der Waals surface area contributed by atoms with Gasteiger partial charge in [-0.3, -0.25) is 4.79 Å². The summed E-state index contributed by atoms with van der Waals surface area (Å²) < 4.78 is 1.96. The summed E-state index contributed by atoms with van der Waals surface area (Å²) >= 11 is 1.30. The van der Waals surface area contributed by atoms with Gasteiger partial charge in [0.2, 0.25) is 0 Å². The van der Waals surface area contributed by atoms with Crippen LogP contribution >= 0.6 is 11.3 Å². The molecule has 1 aliphatic rings. The number of thiazole rings is 1. The molecular formula is C16H23N5O2S. The fraction of sp³-hybridized carbons (Fsp3) is 0.625. The highest BCUT2D eigenvalue weighted by Crippen LogP contribution is 2.33. The molecule has 0 aliphatic heterocycles. The maximum absolute atomic E-state index is 12.2. The zero-order valence-corrected chi connectivity index (χ0v) is 15.0. The van der Waals surface area contributed by atoms with Crippen LogP contribution in [0.1, 0.15) is 66.5 Å². The minimum Gasteiger partial charge on any atom is -0.391 e. The number of amides is 1. The first-order valence-corrected chi connectivity index (χ1v) is 9.15. The molecule has 0 aromatic carbocycles. The van der Waals surface area contributed by atoms with Crippen LogP contribution in [0.3, 0.4) is 0 Å². The van der Waals surface area contributed by atoms with Crippen LogP contribution in [0.15, 0.2) is 11.6 Å². The fourth-order valence-corrected chi connectivity index (χ4v) is 3.75. The summed E-state index contributed by atoms with van der Waals surface area (Å²) in [6, 6.07) is -0.0609. The van der Waals surface area contributed by atoms with Crippen molar-refractivity contribution in [2.24, 2.45) is 0 Å². The fourth-order valence-electron chi connectivity index (χ4n) is 3.21. The summed E-state index contributed by atoms with van der Waals surface area (Å²) in [6.07, 6.45) is 3.20. The van der Waals surface area contributed by atoms with Crippen molar-refractivity contribution in [1.82, 2.24) is 25.1 Å². The lowest BCUT2D eigenvalue weighted by Gasteiger charge is -2.33. The molecule has 3 atom stereocenters. The minimum absolute atomic E-state index is 0.179. The molecule has 1 saturated carbocycles. The summed E-state index contributed by atoms with van der Waals surface area (Å²) in [4.78, 5) is 20.8. The molecule has 2 aromatic heterocycles. The van der Waals surface area contributed by atoms with Gasteiger partial charge in [-0.05, 0) is 40.0 Å². The van der Waals surface area contributed by atoms with Crippen LogP contribution in [0.25, 0.3) is 0 Å². The van der Waals surface area contributed by atoms with Crippen molar-refractivity contribution < 1.29 is 9.90 Å². The highest BCUT2D eigenvalue weighted by atomic mass is 32.1. The molecule has 0 unspecified atom stereocenters. The number of aliphatic hydroxyl groups is 1. The van der Waals surface area contributed by atoms with Gasteiger partial charge in [0.15, 0.2) is 5.01 Å². The molecule has 2 N–H and O–H groups in total. The van der Waals surface area contributed by atoms with Crippen molar-refractivity contribution in [2.45, 2.75) is 64.1 Å². The molecule has 2 aromatic rings. The van der Waals surface area contributed by atoms with Crippen molar-refractivity contribution in [3.63, 3.8) is 0 Å². The summed E-state index contributed by atoms with van der Waals surface area (Å²) in [5, 5.41) is 19.9. The molecule has 1 fully saturated rings. The third-order valence-corrected chi connectivity index (χ3v) is 5.15. The van der Waals surface area contributed by atoms with Gasteiger partial charge in [-0.25, -0.2) is 14.6 Å². The third kappa shape index (κ3) is 3.49. The second-order valence-electron chi connectivity index (χ2n) is 6.55. The van der Waals surface area contributed by atoms with Gasteiger partial charge in [-0.2, -0.15) is 5.10 Å². The van der Waals surface area contributed by atoms with Gasteiger partial charge in [0, 0.05) is 23.5 Å². The van der Waals surface area contributed by atoms with E-state index in [1.54, 1.807) is 11.6 Å². The molecule has 24 heavy (non-hydrogen) atoms. The number of carbonyl (C=O) groups is 1. The number of hydrogen-bond donors (Lipinski definition) is 2. The zero-order chi connectivity index (χ0) is 17.3. The molecule has 0 saturated heterocycles. The predicted octanol–water partition coefficient (Wildman–Crippen LogP) is 2.05. The monoisotopic (exact) mass is 349 g/mol. The quantitative estimate of drug-likeness (QED) is 0.881. The van der Waals surface area contributed by atoms with Crippen LogP contribution < -0.4 is 5.32 Å². The first-order valence-electron chi connectivity index (χ1n) is 8.27. The number of nitrogens with one attached hydrogen (secondary N) is 1. The molecule has 8 heteroatoms. The Labute approximate surface area is 145 Å². The molecule has 0 bridgehead atoms. The molecule has 0 radical (unpaired) electrons. The maximum atomic E-state index is 12.2. The topological polar surface area (TPSA) is 92.9 Å². The Morgan fingerprint density at radius 2 is 2.25 bits per heavy atom. The third-order valence-electron chi connectivity index (χ3n) is 4.37. The highest BCUT2D eigenvalue weighted by molar-refractivity contribution is 7.11. The van der Waals surface area contributed by atoms with E-state index in [2.05, 4.69) is 34.2 Å². The number of aliphatic hydroxyl groups excluding tert-OH is 1. The second-order valence-corrected chi connectivity index (χ2v) is 7.44. The Balaban J connectivity index is 1.75. The van der Waals surface area contributed by atoms with Crippen LogP contribution in [0.2, 0.25) is 0 Å². The van der Waals surface area contributed by atoms with Crippen molar-refractivity contribution in [1.29, 1.82) is 0 Å². The molecular weight excluding hydrogens is 326 g/mol. The molecule has 0 spiro atoms. The average molecular weight is 349 g/mol. The predicted molar refractivity (Wildman–Crippen MR) is 91.1 cm³/mol. The molecule has 3 rings (SSSR count). The van der Waals surface area contributed by atoms with E-state index in [4.69, 9.17) is 0 Å². The lowest BCUT2D eigenvalue weighted by atomic mass is 9.83. The van der Waals surface area contributed by atoms with Crippen molar-refractivity contribution in [2.75, 3.05) is 0 Å². The van der Waals surface area contributed by atoms with Gasteiger partial charge in [-0.15, -0.1) is 11.3 Å². The molecule has 1 amide bonds. The first kappa shape index (κ1) is 17.0. The highest BCUT2D eigenvalue weighted by Gasteiger charge is 2.34. The second kappa shape index (κ2) is 6.98. The summed E-state index contributed by atoms with van der Waals surface area (Å²) in [7, 11) is 0. The number of carbonyl (C=O) groups excluding carboxylic acids is 1. The van der Waals surface area contributed by atoms with E-state index in [1.165, 1.54) is 11.3 Å². The van der Waals surface area contributed by atoms with Crippen molar-refractivity contribution >= 4 is 17.2 Å². The van der Waals surface area contributed by atoms with Crippen molar-refractivity contribution in [3.8, 4) is 0 Å². The van der Waals surface area contributed by atoms with Crippen LogP contribution in [0.5, 0.6) is 0 Å². The van der Waals surface area contributed by atoms with E-state index in [-0.39, 0.29) is 23.9 Å². The number of aryl methyl sites for hydroxylation is 1. The number of nitrogens with zero attached hydrogens (tertiary/aromatic N) is 4. The number of rotatable bonds is 4. The lowest BCUT2D eigenvalue weighted by molar-refractivity contribution is 0.0667. The summed E-state index contributed by atoms with van der Waals surface area (Å²) in [5.41, 5.74) is 0. The Morgan fingerprint density at radius 1 is 1.46 bits per heavy atom. The maximum Gasteiger partial charge on any atom is 0.280 e. The van der Waals surface area contributed by atoms with E-state index in [9.17, 15) is 9.90 Å². The molecule has 130 valence electrons. The van der Waals surface area contributed by atoms with Gasteiger partial charge in [0.25, 0.3) is 5.91 Å². The lowest BCUT2D eigenvalue weighted by Crippen LogP contribution is -2.47. The van der Waals surface area contributed by atoms with Crippen LogP contribution in [0, 0.1) is 6.92 Å². The van der Waals surface area contributed by atoms with Gasteiger partial charge < -0.3 is 10.4 Å². The Morgan fingerprint density at radius 3 is 2.92 bits per heavy atom. The Hall–Kier alpha value is -1.80. The Kier molecular flexibility index (Phi) is 4.96. The summed E-state index contributed by atoms with van der Waals surface area (Å²) in [5.74, 6) is 1.66. The first-order chi connectivity index (χ1) is 11.5. The number of hydrogen-bond acceptors (Lipinski definition) is 6. The average Bonchev–Trinajstić information content (AvgIpc) is 3.18. The molecule has 2 heterocycles. The number of aromatic nitrogens is 4. The van der Waals surface area contributed by atoms with E-state index in [1.807, 2.05) is 11.6 Å². The minimum atomic E-state index is -0.540. The normalized spacial score (nSPS) is 24.3. The Bertz CT molecular complexity index is 697. The molecule has 1 aliphatic carbocycles. The van der Waals surface area contributed by atoms with Gasteiger partial charge in [0.1, 0.15) is 11.6 Å². The standard InChI is InChI=1S/C16H23N5O2S/c1-9(2)21-14(18-10(3)20-21)11-4-5-13(22)12(8-11)19-15(23)16-17-6-7-24-16/h6-7,9,11-13,22H,4-5,8H2,1-3H3,(H,19,23)/t11-,12+,13+/m0/s1. The van der Waals surface area contributed by atoms with Crippen LogP contribution in [-0.2, 0) is 0 Å². The molecule has 7 nitrogen and oxygen atoms in total. The van der Waals surface area contributed by atoms with E-state index in [0.29, 0.717) is 17.8 Å².